The zero-order valence-electron chi connectivity index (χ0n) is 17.7. The Labute approximate surface area is 191 Å². The molecule has 0 saturated carbocycles. The van der Waals surface area contributed by atoms with Crippen molar-refractivity contribution in [2.75, 3.05) is 12.5 Å². The number of methoxy groups -OCH3 is 1. The molecular weight excluding hydrogens is 476 g/mol. The van der Waals surface area contributed by atoms with Crippen LogP contribution in [0.3, 0.4) is 0 Å². The Morgan fingerprint density at radius 1 is 1.12 bits per heavy atom. The monoisotopic (exact) mass is 496 g/mol. The van der Waals surface area contributed by atoms with Crippen LogP contribution in [0.25, 0.3) is 11.2 Å². The molecule has 0 saturated heterocycles. The van der Waals surface area contributed by atoms with Crippen molar-refractivity contribution in [1.29, 1.82) is 0 Å². The summed E-state index contributed by atoms with van der Waals surface area (Å²) >= 11 is 3.44. The summed E-state index contributed by atoms with van der Waals surface area (Å²) in [5, 5.41) is 4.31. The summed E-state index contributed by atoms with van der Waals surface area (Å²) in [7, 11) is 4.63. The highest BCUT2D eigenvalue weighted by molar-refractivity contribution is 9.10. The van der Waals surface area contributed by atoms with E-state index in [1.165, 1.54) is 11.6 Å². The van der Waals surface area contributed by atoms with Crippen LogP contribution in [-0.4, -0.2) is 32.0 Å². The summed E-state index contributed by atoms with van der Waals surface area (Å²) in [6.45, 7) is 0.378. The standard InChI is InChI=1S/C22H21BrN6O3/c1-27-19-18(20(30)28(2)22(27)31)29(13-14-7-5-4-6-8-14)21(25-19)26-24-12-15-11-16(23)9-10-17(15)32-3/h4-12H,13H2,1-3H3,(H,25,26)/b24-12-. The molecule has 32 heavy (non-hydrogen) atoms. The number of anilines is 1. The normalized spacial score (nSPS) is 11.4. The number of halogens is 1. The van der Waals surface area contributed by atoms with Crippen LogP contribution in [0.1, 0.15) is 11.1 Å². The van der Waals surface area contributed by atoms with Crippen LogP contribution in [0.2, 0.25) is 0 Å². The van der Waals surface area contributed by atoms with Gasteiger partial charge in [0.25, 0.3) is 5.56 Å². The number of hydrazone groups is 1. The Morgan fingerprint density at radius 3 is 2.59 bits per heavy atom. The van der Waals surface area contributed by atoms with Crippen molar-refractivity contribution < 1.29 is 4.74 Å². The van der Waals surface area contributed by atoms with Gasteiger partial charge in [0.1, 0.15) is 5.75 Å². The molecule has 0 unspecified atom stereocenters. The highest BCUT2D eigenvalue weighted by Gasteiger charge is 2.19. The maximum Gasteiger partial charge on any atom is 0.332 e. The van der Waals surface area contributed by atoms with Gasteiger partial charge in [-0.2, -0.15) is 10.1 Å². The Hall–Kier alpha value is -3.66. The summed E-state index contributed by atoms with van der Waals surface area (Å²) in [4.78, 5) is 29.8. The van der Waals surface area contributed by atoms with Crippen molar-refractivity contribution in [3.63, 3.8) is 0 Å². The van der Waals surface area contributed by atoms with Crippen molar-refractivity contribution in [3.05, 3.63) is 85.0 Å². The Balaban J connectivity index is 1.82. The molecule has 0 amide bonds. The van der Waals surface area contributed by atoms with Gasteiger partial charge in [-0.25, -0.2) is 10.2 Å². The smallest absolute Gasteiger partial charge is 0.332 e. The molecule has 0 aliphatic carbocycles. The molecule has 9 nitrogen and oxygen atoms in total. The average molecular weight is 497 g/mol. The first-order valence-electron chi connectivity index (χ1n) is 9.73. The van der Waals surface area contributed by atoms with Gasteiger partial charge in [0.15, 0.2) is 11.2 Å². The van der Waals surface area contributed by atoms with Gasteiger partial charge in [-0.1, -0.05) is 46.3 Å². The SMILES string of the molecule is COc1ccc(Br)cc1/C=N\Nc1nc2c(c(=O)n(C)c(=O)n2C)n1Cc1ccccc1. The summed E-state index contributed by atoms with van der Waals surface area (Å²) in [6.07, 6.45) is 1.60. The van der Waals surface area contributed by atoms with E-state index in [9.17, 15) is 9.59 Å². The first-order chi connectivity index (χ1) is 15.4. The molecule has 2 aromatic heterocycles. The van der Waals surface area contributed by atoms with E-state index >= 15 is 0 Å². The second-order valence-electron chi connectivity index (χ2n) is 7.14. The highest BCUT2D eigenvalue weighted by atomic mass is 79.9. The molecule has 0 spiro atoms. The molecule has 0 aliphatic rings. The number of fused-ring (bicyclic) bond motifs is 1. The van der Waals surface area contributed by atoms with Gasteiger partial charge in [0.05, 0.1) is 19.9 Å². The minimum Gasteiger partial charge on any atom is -0.496 e. The minimum absolute atomic E-state index is 0.284. The van der Waals surface area contributed by atoms with Crippen LogP contribution < -0.4 is 21.4 Å². The molecule has 1 N–H and O–H groups in total. The van der Waals surface area contributed by atoms with Gasteiger partial charge < -0.3 is 4.74 Å². The number of imidazole rings is 1. The molecule has 10 heteroatoms. The molecule has 0 fully saturated rings. The zero-order chi connectivity index (χ0) is 22.8. The quantitative estimate of drug-likeness (QED) is 0.327. The van der Waals surface area contributed by atoms with E-state index in [1.807, 2.05) is 48.5 Å². The van der Waals surface area contributed by atoms with Gasteiger partial charge in [-0.3, -0.25) is 18.5 Å². The summed E-state index contributed by atoms with van der Waals surface area (Å²) in [5.41, 5.74) is 4.39. The zero-order valence-corrected chi connectivity index (χ0v) is 19.3. The predicted molar refractivity (Wildman–Crippen MR) is 128 cm³/mol. The topological polar surface area (TPSA) is 95.4 Å². The van der Waals surface area contributed by atoms with Crippen LogP contribution in [0, 0.1) is 0 Å². The number of ether oxygens (including phenoxy) is 1. The summed E-state index contributed by atoms with van der Waals surface area (Å²) in [6, 6.07) is 15.3. The van der Waals surface area contributed by atoms with E-state index in [4.69, 9.17) is 4.74 Å². The number of aromatic nitrogens is 4. The molecular formula is C22H21BrN6O3. The molecule has 2 aromatic carbocycles. The summed E-state index contributed by atoms with van der Waals surface area (Å²) < 4.78 is 10.4. The minimum atomic E-state index is -0.444. The molecule has 0 radical (unpaired) electrons. The van der Waals surface area contributed by atoms with Gasteiger partial charge in [0, 0.05) is 24.1 Å². The fraction of sp³-hybridized carbons (Fsp3) is 0.182. The largest absolute Gasteiger partial charge is 0.496 e. The fourth-order valence-electron chi connectivity index (χ4n) is 3.42. The van der Waals surface area contributed by atoms with Crippen LogP contribution in [0.15, 0.2) is 67.7 Å². The first kappa shape index (κ1) is 21.6. The fourth-order valence-corrected chi connectivity index (χ4v) is 3.80. The third-order valence-electron chi connectivity index (χ3n) is 5.09. The third-order valence-corrected chi connectivity index (χ3v) is 5.58. The number of rotatable bonds is 6. The molecule has 2 heterocycles. The van der Waals surface area contributed by atoms with E-state index in [-0.39, 0.29) is 5.65 Å². The van der Waals surface area contributed by atoms with Crippen molar-refractivity contribution in [1.82, 2.24) is 18.7 Å². The first-order valence-corrected chi connectivity index (χ1v) is 10.5. The highest BCUT2D eigenvalue weighted by Crippen LogP contribution is 2.22. The van der Waals surface area contributed by atoms with Gasteiger partial charge in [0.2, 0.25) is 5.95 Å². The molecule has 0 bridgehead atoms. The number of hydrogen-bond donors (Lipinski definition) is 1. The lowest BCUT2D eigenvalue weighted by Gasteiger charge is -2.09. The molecule has 0 aliphatic heterocycles. The summed E-state index contributed by atoms with van der Waals surface area (Å²) in [5.74, 6) is 1.00. The van der Waals surface area contributed by atoms with Crippen LogP contribution in [-0.2, 0) is 20.6 Å². The van der Waals surface area contributed by atoms with E-state index in [0.29, 0.717) is 23.8 Å². The second kappa shape index (κ2) is 8.83. The van der Waals surface area contributed by atoms with Crippen LogP contribution in [0.5, 0.6) is 5.75 Å². The lowest BCUT2D eigenvalue weighted by atomic mass is 10.2. The predicted octanol–water partition coefficient (Wildman–Crippen LogP) is 2.70. The Bertz CT molecular complexity index is 1440. The number of nitrogens with zero attached hydrogens (tertiary/aromatic N) is 5. The number of benzene rings is 2. The van der Waals surface area contributed by atoms with E-state index in [1.54, 1.807) is 24.9 Å². The number of nitrogens with one attached hydrogen (secondary N) is 1. The third kappa shape index (κ3) is 3.96. The number of aryl methyl sites for hydroxylation is 1. The molecule has 0 atom stereocenters. The van der Waals surface area contributed by atoms with Crippen LogP contribution in [0.4, 0.5) is 5.95 Å². The van der Waals surface area contributed by atoms with E-state index in [2.05, 4.69) is 31.4 Å². The van der Waals surface area contributed by atoms with Gasteiger partial charge in [-0.15, -0.1) is 0 Å². The van der Waals surface area contributed by atoms with Crippen molar-refractivity contribution in [2.24, 2.45) is 19.2 Å². The van der Waals surface area contributed by atoms with E-state index < -0.39 is 11.2 Å². The van der Waals surface area contributed by atoms with Gasteiger partial charge in [-0.05, 0) is 23.8 Å². The molecule has 164 valence electrons. The van der Waals surface area contributed by atoms with E-state index in [0.717, 1.165) is 20.2 Å². The van der Waals surface area contributed by atoms with Crippen molar-refractivity contribution >= 4 is 39.3 Å². The molecule has 4 aromatic rings. The Kier molecular flexibility index (Phi) is 5.95. The lowest BCUT2D eigenvalue weighted by molar-refractivity contribution is 0.414. The maximum atomic E-state index is 12.9. The van der Waals surface area contributed by atoms with Crippen molar-refractivity contribution in [3.8, 4) is 5.75 Å². The maximum absolute atomic E-state index is 12.9. The number of hydrogen-bond acceptors (Lipinski definition) is 6. The molecule has 4 rings (SSSR count). The van der Waals surface area contributed by atoms with Crippen molar-refractivity contribution in [2.45, 2.75) is 6.54 Å². The average Bonchev–Trinajstić information content (AvgIpc) is 3.15. The Morgan fingerprint density at radius 2 is 1.88 bits per heavy atom. The van der Waals surface area contributed by atoms with Gasteiger partial charge >= 0.3 is 5.69 Å². The second-order valence-corrected chi connectivity index (χ2v) is 8.06. The lowest BCUT2D eigenvalue weighted by Crippen LogP contribution is -2.37. The van der Waals surface area contributed by atoms with Crippen LogP contribution >= 0.6 is 15.9 Å².